The van der Waals surface area contributed by atoms with Gasteiger partial charge in [-0.05, 0) is 43.7 Å². The van der Waals surface area contributed by atoms with E-state index < -0.39 is 122 Å². The van der Waals surface area contributed by atoms with Crippen LogP contribution < -0.4 is 5.32 Å². The molecule has 2 saturated heterocycles. The number of hydrogen-bond donors (Lipinski definition) is 1. The molecule has 3 aromatic rings. The van der Waals surface area contributed by atoms with Crippen molar-refractivity contribution in [2.45, 2.75) is 149 Å². The number of carbonyl (C=O) groups excluding carboxylic acids is 6. The molecule has 0 unspecified atom stereocenters. The zero-order valence-electron chi connectivity index (χ0n) is 43.1. The van der Waals surface area contributed by atoms with Gasteiger partial charge >= 0.3 is 29.8 Å². The van der Waals surface area contributed by atoms with Crippen molar-refractivity contribution in [3.63, 3.8) is 0 Å². The number of aryl methyl sites for hydroxylation is 3. The molecule has 0 aliphatic carbocycles. The van der Waals surface area contributed by atoms with E-state index in [1.807, 2.05) is 99.8 Å². The standard InChI is InChI=1S/C53H69NO18S/c1-31-11-17-39(18-12-31)26-64-46-44(71-51(61-9)50(66-28-41-21-15-33(3)16-22-41)49(46)65-27-40-19-13-32(2)14-20-40)30-67-53(52(60)62-23-24-73-10)25-42(68-36(6)57)45(54-34(4)55)48(72-53)47(70-38(8)59)43(69-37(7)58)29-63-35(5)56/h11-22,42-51H,23-30H2,1-10H3,(H,54,55)/t42-,43+,44+,45+,46-,47+,48+,49-,50+,51+,53-/m0/s1. The van der Waals surface area contributed by atoms with Crippen LogP contribution in [0.3, 0.4) is 0 Å². The Morgan fingerprint density at radius 2 is 1.21 bits per heavy atom. The first-order valence-electron chi connectivity index (χ1n) is 23.9. The largest absolute Gasteiger partial charge is 0.462 e. The second-order valence-electron chi connectivity index (χ2n) is 17.9. The SMILES string of the molecule is CO[C@@H]1O[C@H](CO[C@@]2(C(=O)OCCSC)C[C@H](OC(C)=O)[C@@H](NC(C)=O)[C@H]([C@H](OC(C)=O)[C@@H](COC(C)=O)OC(C)=O)O2)[C@H](OCc2ccc(C)cc2)[C@H](OCc2ccc(C)cc2)[C@H]1OCc1ccc(C)cc1. The molecule has 1 N–H and O–H groups in total. The number of benzene rings is 3. The Balaban J connectivity index is 1.65. The van der Waals surface area contributed by atoms with Crippen molar-refractivity contribution in [3.8, 4) is 0 Å². The highest BCUT2D eigenvalue weighted by atomic mass is 32.2. The molecule has 0 aromatic heterocycles. The zero-order valence-corrected chi connectivity index (χ0v) is 43.9. The van der Waals surface area contributed by atoms with Gasteiger partial charge in [-0.3, -0.25) is 24.0 Å². The van der Waals surface area contributed by atoms with Crippen LogP contribution in [0.5, 0.6) is 0 Å². The number of amides is 1. The Bertz CT molecular complexity index is 2280. The maximum absolute atomic E-state index is 14.8. The van der Waals surface area contributed by atoms with Gasteiger partial charge in [0, 0.05) is 47.5 Å². The van der Waals surface area contributed by atoms with Gasteiger partial charge < -0.3 is 62.2 Å². The first-order valence-corrected chi connectivity index (χ1v) is 25.3. The van der Waals surface area contributed by atoms with Crippen LogP contribution in [0.15, 0.2) is 72.8 Å². The predicted molar refractivity (Wildman–Crippen MR) is 263 cm³/mol. The van der Waals surface area contributed by atoms with Crippen molar-refractivity contribution in [1.29, 1.82) is 0 Å². The van der Waals surface area contributed by atoms with Crippen molar-refractivity contribution in [2.24, 2.45) is 0 Å². The summed E-state index contributed by atoms with van der Waals surface area (Å²) in [6.45, 7) is 10.5. The van der Waals surface area contributed by atoms with Gasteiger partial charge in [-0.1, -0.05) is 89.5 Å². The summed E-state index contributed by atoms with van der Waals surface area (Å²) in [6.07, 6.45) is -10.6. The first-order chi connectivity index (χ1) is 34.8. The van der Waals surface area contributed by atoms with Gasteiger partial charge in [0.1, 0.15) is 49.8 Å². The molecule has 5 rings (SSSR count). The topological polar surface area (TPSA) is 225 Å². The van der Waals surface area contributed by atoms with Crippen LogP contribution in [0.1, 0.15) is 74.4 Å². The summed E-state index contributed by atoms with van der Waals surface area (Å²) < 4.78 is 74.6. The van der Waals surface area contributed by atoms with Gasteiger partial charge in [0.05, 0.1) is 38.9 Å². The van der Waals surface area contributed by atoms with E-state index in [1.54, 1.807) is 0 Å². The van der Waals surface area contributed by atoms with Gasteiger partial charge in [-0.15, -0.1) is 0 Å². The van der Waals surface area contributed by atoms with E-state index in [9.17, 15) is 28.8 Å². The fourth-order valence-corrected chi connectivity index (χ4v) is 8.59. The number of ether oxygens (including phenoxy) is 12. The van der Waals surface area contributed by atoms with Crippen LogP contribution >= 0.6 is 11.8 Å². The molecule has 2 aliphatic rings. The van der Waals surface area contributed by atoms with E-state index in [0.29, 0.717) is 5.75 Å². The number of thioether (sulfide) groups is 1. The second kappa shape index (κ2) is 28.3. The monoisotopic (exact) mass is 1040 g/mol. The molecule has 19 nitrogen and oxygen atoms in total. The third kappa shape index (κ3) is 17.6. The summed E-state index contributed by atoms with van der Waals surface area (Å²) in [5.41, 5.74) is 5.72. The highest BCUT2D eigenvalue weighted by Crippen LogP contribution is 2.39. The lowest BCUT2D eigenvalue weighted by Gasteiger charge is -2.49. The number of carbonyl (C=O) groups is 6. The molecule has 0 spiro atoms. The molecule has 2 aliphatic heterocycles. The van der Waals surface area contributed by atoms with E-state index in [-0.39, 0.29) is 26.4 Å². The summed E-state index contributed by atoms with van der Waals surface area (Å²) >= 11 is 1.39. The molecule has 2 heterocycles. The maximum Gasteiger partial charge on any atom is 0.367 e. The summed E-state index contributed by atoms with van der Waals surface area (Å²) in [7, 11) is 1.45. The molecule has 3 aromatic carbocycles. The van der Waals surface area contributed by atoms with Crippen LogP contribution in [-0.2, 0) is 105 Å². The van der Waals surface area contributed by atoms with Gasteiger partial charge in [0.25, 0.3) is 5.79 Å². The van der Waals surface area contributed by atoms with E-state index in [1.165, 1.54) is 25.8 Å². The molecular formula is C53H69NO18S. The smallest absolute Gasteiger partial charge is 0.367 e. The molecule has 11 atom stereocenters. The molecule has 400 valence electrons. The van der Waals surface area contributed by atoms with Crippen LogP contribution in [0.4, 0.5) is 0 Å². The minimum Gasteiger partial charge on any atom is -0.462 e. The highest BCUT2D eigenvalue weighted by molar-refractivity contribution is 7.98. The Morgan fingerprint density at radius 1 is 0.685 bits per heavy atom. The minimum atomic E-state index is -2.57. The molecule has 20 heteroatoms. The Kier molecular flexibility index (Phi) is 22.6. The lowest BCUT2D eigenvalue weighted by atomic mass is 9.87. The van der Waals surface area contributed by atoms with Crippen LogP contribution in [0.2, 0.25) is 0 Å². The van der Waals surface area contributed by atoms with Crippen LogP contribution in [0, 0.1) is 20.8 Å². The molecular weight excluding hydrogens is 971 g/mol. The average molecular weight is 1040 g/mol. The molecule has 2 fully saturated rings. The van der Waals surface area contributed by atoms with Crippen molar-refractivity contribution < 1.29 is 85.6 Å². The molecule has 0 bridgehead atoms. The summed E-state index contributed by atoms with van der Waals surface area (Å²) in [5.74, 6) is -7.38. The quantitative estimate of drug-likeness (QED) is 0.0645. The van der Waals surface area contributed by atoms with Crippen LogP contribution in [-0.4, -0.2) is 142 Å². The lowest BCUT2D eigenvalue weighted by molar-refractivity contribution is -0.348. The normalized spacial score (nSPS) is 24.6. The van der Waals surface area contributed by atoms with Crippen molar-refractivity contribution >= 4 is 47.5 Å². The van der Waals surface area contributed by atoms with Gasteiger partial charge in [0.2, 0.25) is 5.91 Å². The van der Waals surface area contributed by atoms with E-state index in [4.69, 9.17) is 56.8 Å². The van der Waals surface area contributed by atoms with Gasteiger partial charge in [-0.2, -0.15) is 11.8 Å². The van der Waals surface area contributed by atoms with E-state index in [2.05, 4.69) is 5.32 Å². The van der Waals surface area contributed by atoms with E-state index in [0.717, 1.165) is 61.1 Å². The number of esters is 5. The fourth-order valence-electron chi connectivity index (χ4n) is 8.34. The van der Waals surface area contributed by atoms with Gasteiger partial charge in [0.15, 0.2) is 18.5 Å². The number of rotatable bonds is 25. The first kappa shape index (κ1) is 58.4. The number of nitrogens with one attached hydrogen (secondary N) is 1. The lowest BCUT2D eigenvalue weighted by Crippen LogP contribution is -2.70. The summed E-state index contributed by atoms with van der Waals surface area (Å²) in [6, 6.07) is 22.0. The fraction of sp³-hybridized carbons (Fsp3) is 0.547. The molecule has 1 amide bonds. The van der Waals surface area contributed by atoms with E-state index >= 15 is 0 Å². The van der Waals surface area contributed by atoms with Gasteiger partial charge in [-0.25, -0.2) is 4.79 Å². The number of methoxy groups -OCH3 is 1. The van der Waals surface area contributed by atoms with Crippen LogP contribution in [0.25, 0.3) is 0 Å². The molecule has 0 saturated carbocycles. The zero-order chi connectivity index (χ0) is 53.2. The summed E-state index contributed by atoms with van der Waals surface area (Å²) in [4.78, 5) is 78.5. The number of hydrogen-bond acceptors (Lipinski definition) is 19. The third-order valence-electron chi connectivity index (χ3n) is 11.8. The Hall–Kier alpha value is -5.45. The van der Waals surface area contributed by atoms with Crippen molar-refractivity contribution in [3.05, 3.63) is 106 Å². The Morgan fingerprint density at radius 3 is 1.67 bits per heavy atom. The third-order valence-corrected chi connectivity index (χ3v) is 12.4. The highest BCUT2D eigenvalue weighted by Gasteiger charge is 2.60. The Labute approximate surface area is 430 Å². The maximum atomic E-state index is 14.8. The predicted octanol–water partition coefficient (Wildman–Crippen LogP) is 5.31. The van der Waals surface area contributed by atoms with Crippen molar-refractivity contribution in [2.75, 3.05) is 38.9 Å². The average Bonchev–Trinajstić information content (AvgIpc) is 3.33. The summed E-state index contributed by atoms with van der Waals surface area (Å²) in [5, 5.41) is 2.69. The molecule has 73 heavy (non-hydrogen) atoms. The molecule has 0 radical (unpaired) electrons. The minimum absolute atomic E-state index is 0.0643. The van der Waals surface area contributed by atoms with Crippen molar-refractivity contribution in [1.82, 2.24) is 5.32 Å². The second-order valence-corrected chi connectivity index (χ2v) is 18.9.